The topological polar surface area (TPSA) is 57.5 Å². The summed E-state index contributed by atoms with van der Waals surface area (Å²) < 4.78 is 0.821. The van der Waals surface area contributed by atoms with E-state index in [0.29, 0.717) is 0 Å². The minimum Gasteiger partial charge on any atom is -0.478 e. The van der Waals surface area contributed by atoms with Crippen molar-refractivity contribution in [3.05, 3.63) is 33.8 Å². The van der Waals surface area contributed by atoms with E-state index in [1.807, 2.05) is 13.0 Å². The Hall–Kier alpha value is -0.520. The summed E-state index contributed by atoms with van der Waals surface area (Å²) in [5.74, 6) is 1.07. The van der Waals surface area contributed by atoms with E-state index in [0.717, 1.165) is 21.5 Å². The summed E-state index contributed by atoms with van der Waals surface area (Å²) in [6.45, 7) is 2.20. The van der Waals surface area contributed by atoms with Crippen molar-refractivity contribution in [1.82, 2.24) is 0 Å². The molecule has 3 nitrogen and oxygen atoms in total. The minimum absolute atomic E-state index is 0.201. The summed E-state index contributed by atoms with van der Waals surface area (Å²) in [7, 11) is 0. The summed E-state index contributed by atoms with van der Waals surface area (Å²) in [5.41, 5.74) is 1.36. The molecule has 94 valence electrons. The molecule has 1 atom stereocenters. The maximum atomic E-state index is 10.8. The zero-order chi connectivity index (χ0) is 12.8. The van der Waals surface area contributed by atoms with Crippen LogP contribution >= 0.6 is 27.7 Å². The van der Waals surface area contributed by atoms with Crippen LogP contribution in [0.3, 0.4) is 0 Å². The van der Waals surface area contributed by atoms with Gasteiger partial charge in [-0.25, -0.2) is 4.79 Å². The fourth-order valence-electron chi connectivity index (χ4n) is 1.22. The van der Waals surface area contributed by atoms with Gasteiger partial charge in [0.2, 0.25) is 0 Å². The van der Waals surface area contributed by atoms with Gasteiger partial charge >= 0.3 is 5.97 Å². The van der Waals surface area contributed by atoms with Crippen LogP contribution in [-0.2, 0) is 5.75 Å². The van der Waals surface area contributed by atoms with E-state index in [2.05, 4.69) is 15.9 Å². The van der Waals surface area contributed by atoms with E-state index in [-0.39, 0.29) is 18.1 Å². The number of carboxylic acids is 1. The molecule has 2 N–H and O–H groups in total. The van der Waals surface area contributed by atoms with Crippen molar-refractivity contribution < 1.29 is 15.0 Å². The fraction of sp³-hybridized carbons (Fsp3) is 0.417. The third kappa shape index (κ3) is 4.69. The standard InChI is InChI=1S/C12H15BrO3S/c1-8(5-14)6-17-7-10-3-2-9(12(15)16)4-11(10)13/h2-4,8,14H,5-7H2,1H3,(H,15,16). The average Bonchev–Trinajstić information content (AvgIpc) is 2.30. The second-order valence-electron chi connectivity index (χ2n) is 3.91. The first kappa shape index (κ1) is 14.5. The van der Waals surface area contributed by atoms with Crippen molar-refractivity contribution in [3.8, 4) is 0 Å². The smallest absolute Gasteiger partial charge is 0.335 e. The molecule has 1 rings (SSSR count). The molecule has 0 saturated carbocycles. The van der Waals surface area contributed by atoms with Crippen LogP contribution in [0.15, 0.2) is 22.7 Å². The molecule has 0 aliphatic rings. The Kier molecular flexibility index (Phi) is 6.02. The van der Waals surface area contributed by atoms with E-state index in [1.54, 1.807) is 23.9 Å². The normalized spacial score (nSPS) is 12.4. The third-order valence-corrected chi connectivity index (χ3v) is 4.33. The van der Waals surface area contributed by atoms with Gasteiger partial charge in [-0.05, 0) is 29.4 Å². The van der Waals surface area contributed by atoms with E-state index in [4.69, 9.17) is 10.2 Å². The number of benzene rings is 1. The third-order valence-electron chi connectivity index (χ3n) is 2.27. The first-order valence-electron chi connectivity index (χ1n) is 5.25. The maximum absolute atomic E-state index is 10.8. The molecule has 1 aromatic rings. The lowest BCUT2D eigenvalue weighted by Crippen LogP contribution is -2.03. The summed E-state index contributed by atoms with van der Waals surface area (Å²) >= 11 is 5.10. The van der Waals surface area contributed by atoms with Crippen LogP contribution in [0.2, 0.25) is 0 Å². The predicted octanol–water partition coefficient (Wildman–Crippen LogP) is 3.01. The molecule has 17 heavy (non-hydrogen) atoms. The highest BCUT2D eigenvalue weighted by Gasteiger charge is 2.07. The number of carboxylic acid groups (broad SMARTS) is 1. The molecule has 0 heterocycles. The molecule has 0 amide bonds. The number of hydrogen-bond acceptors (Lipinski definition) is 3. The predicted molar refractivity (Wildman–Crippen MR) is 73.5 cm³/mol. The van der Waals surface area contributed by atoms with Crippen LogP contribution in [0.5, 0.6) is 0 Å². The average molecular weight is 319 g/mol. The highest BCUT2D eigenvalue weighted by molar-refractivity contribution is 9.10. The molecule has 5 heteroatoms. The Morgan fingerprint density at radius 3 is 2.76 bits per heavy atom. The molecule has 1 unspecified atom stereocenters. The number of carbonyl (C=O) groups is 1. The molecule has 1 aromatic carbocycles. The van der Waals surface area contributed by atoms with Gasteiger partial charge in [-0.2, -0.15) is 11.8 Å². The van der Waals surface area contributed by atoms with Crippen molar-refractivity contribution in [2.24, 2.45) is 5.92 Å². The number of aliphatic hydroxyl groups excluding tert-OH is 1. The van der Waals surface area contributed by atoms with Gasteiger partial charge in [0.25, 0.3) is 0 Å². The van der Waals surface area contributed by atoms with Crippen LogP contribution in [0.1, 0.15) is 22.8 Å². The van der Waals surface area contributed by atoms with Crippen molar-refractivity contribution in [3.63, 3.8) is 0 Å². The summed E-state index contributed by atoms with van der Waals surface area (Å²) in [6.07, 6.45) is 0. The van der Waals surface area contributed by atoms with Gasteiger partial charge in [-0.15, -0.1) is 0 Å². The van der Waals surface area contributed by atoms with Crippen LogP contribution in [-0.4, -0.2) is 28.5 Å². The van der Waals surface area contributed by atoms with Crippen LogP contribution in [0.4, 0.5) is 0 Å². The van der Waals surface area contributed by atoms with E-state index in [1.165, 1.54) is 0 Å². The zero-order valence-corrected chi connectivity index (χ0v) is 11.9. The highest BCUT2D eigenvalue weighted by atomic mass is 79.9. The van der Waals surface area contributed by atoms with Gasteiger partial charge in [0.15, 0.2) is 0 Å². The monoisotopic (exact) mass is 318 g/mol. The molecule has 0 aromatic heterocycles. The number of rotatable bonds is 6. The van der Waals surface area contributed by atoms with Crippen molar-refractivity contribution >= 4 is 33.7 Å². The number of aromatic carboxylic acids is 1. The van der Waals surface area contributed by atoms with Gasteiger partial charge in [0.1, 0.15) is 0 Å². The van der Waals surface area contributed by atoms with Crippen molar-refractivity contribution in [2.75, 3.05) is 12.4 Å². The number of aliphatic hydroxyl groups is 1. The Morgan fingerprint density at radius 1 is 1.53 bits per heavy atom. The fourth-order valence-corrected chi connectivity index (χ4v) is 3.02. The molecule has 0 aliphatic heterocycles. The SMILES string of the molecule is CC(CO)CSCc1ccc(C(=O)O)cc1Br. The second-order valence-corrected chi connectivity index (χ2v) is 5.80. The molecular weight excluding hydrogens is 304 g/mol. The Balaban J connectivity index is 2.57. The van der Waals surface area contributed by atoms with Crippen molar-refractivity contribution in [2.45, 2.75) is 12.7 Å². The number of halogens is 1. The van der Waals surface area contributed by atoms with E-state index in [9.17, 15) is 4.79 Å². The molecule has 0 saturated heterocycles. The zero-order valence-electron chi connectivity index (χ0n) is 9.52. The van der Waals surface area contributed by atoms with Crippen molar-refractivity contribution in [1.29, 1.82) is 0 Å². The van der Waals surface area contributed by atoms with Gasteiger partial charge < -0.3 is 10.2 Å². The minimum atomic E-state index is -0.918. The summed E-state index contributed by atoms with van der Waals surface area (Å²) in [6, 6.07) is 5.05. The lowest BCUT2D eigenvalue weighted by Gasteiger charge is -2.08. The molecular formula is C12H15BrO3S. The molecule has 0 spiro atoms. The summed E-state index contributed by atoms with van der Waals surface area (Å²) in [5, 5.41) is 17.7. The van der Waals surface area contributed by atoms with E-state index < -0.39 is 5.97 Å². The number of thioether (sulfide) groups is 1. The molecule has 0 aliphatic carbocycles. The first-order chi connectivity index (χ1) is 8.04. The lowest BCUT2D eigenvalue weighted by molar-refractivity contribution is 0.0697. The lowest BCUT2D eigenvalue weighted by atomic mass is 10.1. The molecule has 0 fully saturated rings. The van der Waals surface area contributed by atoms with Gasteiger partial charge in [-0.1, -0.05) is 28.9 Å². The molecule has 0 bridgehead atoms. The quantitative estimate of drug-likeness (QED) is 0.846. The van der Waals surface area contributed by atoms with E-state index >= 15 is 0 Å². The van der Waals surface area contributed by atoms with Gasteiger partial charge in [0.05, 0.1) is 5.56 Å². The highest BCUT2D eigenvalue weighted by Crippen LogP contribution is 2.24. The maximum Gasteiger partial charge on any atom is 0.335 e. The van der Waals surface area contributed by atoms with Gasteiger partial charge in [0, 0.05) is 16.8 Å². The molecule has 0 radical (unpaired) electrons. The summed E-state index contributed by atoms with van der Waals surface area (Å²) in [4.78, 5) is 10.8. The number of hydrogen-bond donors (Lipinski definition) is 2. The van der Waals surface area contributed by atoms with Crippen LogP contribution < -0.4 is 0 Å². The largest absolute Gasteiger partial charge is 0.478 e. The Labute approximate surface area is 113 Å². The van der Waals surface area contributed by atoms with Gasteiger partial charge in [-0.3, -0.25) is 0 Å². The first-order valence-corrected chi connectivity index (χ1v) is 7.19. The Bertz CT molecular complexity index is 395. The van der Waals surface area contributed by atoms with Crippen LogP contribution in [0.25, 0.3) is 0 Å². The second kappa shape index (κ2) is 7.03. The Morgan fingerprint density at radius 2 is 2.24 bits per heavy atom. The van der Waals surface area contributed by atoms with Crippen LogP contribution in [0, 0.1) is 5.92 Å².